The lowest BCUT2D eigenvalue weighted by Crippen LogP contribution is -2.42. The molecule has 29 heavy (non-hydrogen) atoms. The molecule has 1 aromatic heterocycles. The summed E-state index contributed by atoms with van der Waals surface area (Å²) >= 11 is 0. The van der Waals surface area contributed by atoms with Gasteiger partial charge in [0.2, 0.25) is 5.91 Å². The molecular weight excluding hydrogens is 362 g/mol. The first-order valence-corrected chi connectivity index (χ1v) is 11.2. The van der Waals surface area contributed by atoms with Crippen LogP contribution in [0.3, 0.4) is 0 Å². The number of benzene rings is 1. The zero-order chi connectivity index (χ0) is 20.1. The summed E-state index contributed by atoms with van der Waals surface area (Å²) in [4.78, 5) is 19.1. The van der Waals surface area contributed by atoms with Crippen molar-refractivity contribution in [1.82, 2.24) is 15.2 Å². The molecule has 5 nitrogen and oxygen atoms in total. The number of aromatic nitrogens is 1. The number of likely N-dealkylation sites (tertiary alicyclic amines) is 1. The quantitative estimate of drug-likeness (QED) is 0.815. The van der Waals surface area contributed by atoms with Gasteiger partial charge in [0.1, 0.15) is 0 Å². The van der Waals surface area contributed by atoms with Crippen LogP contribution in [0.2, 0.25) is 0 Å². The molecule has 0 spiro atoms. The molecular formula is C24H33N3O2. The number of aliphatic hydroxyl groups is 1. The zero-order valence-corrected chi connectivity index (χ0v) is 17.2. The van der Waals surface area contributed by atoms with Gasteiger partial charge in [0, 0.05) is 36.6 Å². The number of β-amino-alcohol motifs (C(OH)–C–C–N with tert-alkyl or cyclic N) is 1. The van der Waals surface area contributed by atoms with Crippen LogP contribution in [0.5, 0.6) is 0 Å². The first-order chi connectivity index (χ1) is 14.2. The highest BCUT2D eigenvalue weighted by Crippen LogP contribution is 2.25. The number of carbonyl (C=O) groups is 1. The number of pyridine rings is 1. The molecule has 4 rings (SSSR count). The van der Waals surface area contributed by atoms with Crippen LogP contribution in [0.1, 0.15) is 50.5 Å². The van der Waals surface area contributed by atoms with Crippen molar-refractivity contribution >= 4 is 16.8 Å². The molecule has 2 N–H and O–H groups in total. The number of para-hydroxylation sites is 1. The number of carbonyl (C=O) groups excluding carboxylic acids is 1. The molecule has 2 fully saturated rings. The molecule has 2 aliphatic rings. The van der Waals surface area contributed by atoms with Gasteiger partial charge in [0.25, 0.3) is 0 Å². The number of hydrogen-bond donors (Lipinski definition) is 2. The highest BCUT2D eigenvalue weighted by atomic mass is 16.3. The van der Waals surface area contributed by atoms with Gasteiger partial charge in [-0.25, -0.2) is 0 Å². The van der Waals surface area contributed by atoms with Crippen LogP contribution in [0.4, 0.5) is 0 Å². The van der Waals surface area contributed by atoms with Crippen LogP contribution in [0, 0.1) is 5.92 Å². The number of amides is 1. The summed E-state index contributed by atoms with van der Waals surface area (Å²) in [6.45, 7) is 1.73. The second-order valence-corrected chi connectivity index (χ2v) is 8.82. The monoisotopic (exact) mass is 395 g/mol. The van der Waals surface area contributed by atoms with Crippen molar-refractivity contribution in [2.75, 3.05) is 19.6 Å². The van der Waals surface area contributed by atoms with Gasteiger partial charge in [-0.15, -0.1) is 0 Å². The van der Waals surface area contributed by atoms with Crippen molar-refractivity contribution in [2.24, 2.45) is 5.92 Å². The van der Waals surface area contributed by atoms with E-state index >= 15 is 0 Å². The molecule has 5 heteroatoms. The summed E-state index contributed by atoms with van der Waals surface area (Å²) in [5.41, 5.74) is 2.22. The summed E-state index contributed by atoms with van der Waals surface area (Å²) in [6.07, 6.45) is 10.8. The van der Waals surface area contributed by atoms with E-state index in [0.29, 0.717) is 19.1 Å². The molecule has 2 aromatic rings. The van der Waals surface area contributed by atoms with E-state index in [1.54, 1.807) is 0 Å². The Morgan fingerprint density at radius 3 is 2.66 bits per heavy atom. The van der Waals surface area contributed by atoms with Crippen molar-refractivity contribution in [1.29, 1.82) is 0 Å². The Bertz CT molecular complexity index is 811. The molecule has 0 radical (unpaired) electrons. The highest BCUT2D eigenvalue weighted by molar-refractivity contribution is 5.81. The van der Waals surface area contributed by atoms with Crippen molar-refractivity contribution in [3.8, 4) is 0 Å². The Labute approximate surface area is 173 Å². The smallest absolute Gasteiger partial charge is 0.234 e. The minimum Gasteiger partial charge on any atom is -0.391 e. The zero-order valence-electron chi connectivity index (χ0n) is 17.2. The first-order valence-electron chi connectivity index (χ1n) is 11.2. The van der Waals surface area contributed by atoms with Gasteiger partial charge in [-0.3, -0.25) is 14.7 Å². The van der Waals surface area contributed by atoms with Gasteiger partial charge in [-0.1, -0.05) is 50.3 Å². The summed E-state index contributed by atoms with van der Waals surface area (Å²) in [5.74, 6) is 0.257. The number of nitrogens with zero attached hydrogens (tertiary/aromatic N) is 2. The van der Waals surface area contributed by atoms with Crippen LogP contribution in [0.15, 0.2) is 36.5 Å². The molecule has 1 aliphatic heterocycles. The van der Waals surface area contributed by atoms with Crippen molar-refractivity contribution in [3.63, 3.8) is 0 Å². The van der Waals surface area contributed by atoms with E-state index in [1.165, 1.54) is 37.7 Å². The molecule has 1 saturated carbocycles. The first kappa shape index (κ1) is 20.3. The fraction of sp³-hybridized carbons (Fsp3) is 0.583. The number of hydrogen-bond acceptors (Lipinski definition) is 4. The minimum atomic E-state index is -0.392. The number of fused-ring (bicyclic) bond motifs is 1. The van der Waals surface area contributed by atoms with Crippen LogP contribution in [-0.4, -0.2) is 52.7 Å². The lowest BCUT2D eigenvalue weighted by atomic mass is 9.94. The third-order valence-electron chi connectivity index (χ3n) is 6.54. The molecule has 156 valence electrons. The van der Waals surface area contributed by atoms with Gasteiger partial charge >= 0.3 is 0 Å². The lowest BCUT2D eigenvalue weighted by Gasteiger charge is -2.23. The summed E-state index contributed by atoms with van der Waals surface area (Å²) in [6, 6.07) is 10.5. The normalized spacial score (nSPS) is 24.3. The van der Waals surface area contributed by atoms with Crippen LogP contribution >= 0.6 is 0 Å². The Morgan fingerprint density at radius 1 is 1.07 bits per heavy atom. The second-order valence-electron chi connectivity index (χ2n) is 8.82. The minimum absolute atomic E-state index is 0.109. The molecule has 1 amide bonds. The van der Waals surface area contributed by atoms with Crippen LogP contribution < -0.4 is 5.32 Å². The van der Waals surface area contributed by atoms with E-state index in [9.17, 15) is 9.90 Å². The fourth-order valence-corrected chi connectivity index (χ4v) is 4.96. The van der Waals surface area contributed by atoms with Gasteiger partial charge < -0.3 is 10.4 Å². The third kappa shape index (κ3) is 5.34. The molecule has 0 unspecified atom stereocenters. The molecule has 1 aliphatic carbocycles. The molecule has 2 atom stereocenters. The third-order valence-corrected chi connectivity index (χ3v) is 6.54. The number of aliphatic hydroxyl groups excluding tert-OH is 1. The lowest BCUT2D eigenvalue weighted by molar-refractivity contribution is -0.122. The largest absolute Gasteiger partial charge is 0.391 e. The van der Waals surface area contributed by atoms with Crippen LogP contribution in [-0.2, 0) is 11.2 Å². The average molecular weight is 396 g/mol. The van der Waals surface area contributed by atoms with E-state index in [-0.39, 0.29) is 11.8 Å². The van der Waals surface area contributed by atoms with Gasteiger partial charge in [0.05, 0.1) is 18.2 Å². The molecule has 0 bridgehead atoms. The summed E-state index contributed by atoms with van der Waals surface area (Å²) < 4.78 is 0. The van der Waals surface area contributed by atoms with Gasteiger partial charge in [-0.05, 0) is 37.0 Å². The molecule has 1 saturated heterocycles. The molecule has 1 aromatic carbocycles. The standard InChI is InChI=1S/C24H33N3O2/c28-23-16-27(17-24(29)26-20-8-4-2-1-3-5-9-20)15-19(23)14-18-12-13-25-22-11-7-6-10-21(18)22/h6-7,10-13,19-20,23,28H,1-5,8-9,14-17H2,(H,26,29)/t19-,23-/m1/s1. The Morgan fingerprint density at radius 2 is 1.83 bits per heavy atom. The van der Waals surface area contributed by atoms with E-state index in [0.717, 1.165) is 36.7 Å². The Hall–Kier alpha value is -1.98. The maximum Gasteiger partial charge on any atom is 0.234 e. The van der Waals surface area contributed by atoms with Gasteiger partial charge in [-0.2, -0.15) is 0 Å². The van der Waals surface area contributed by atoms with E-state index < -0.39 is 6.10 Å². The maximum absolute atomic E-state index is 12.6. The van der Waals surface area contributed by atoms with E-state index in [2.05, 4.69) is 27.3 Å². The van der Waals surface area contributed by atoms with Crippen molar-refractivity contribution in [3.05, 3.63) is 42.1 Å². The van der Waals surface area contributed by atoms with Gasteiger partial charge in [0.15, 0.2) is 0 Å². The number of rotatable bonds is 5. The maximum atomic E-state index is 12.6. The van der Waals surface area contributed by atoms with E-state index in [4.69, 9.17) is 0 Å². The molecule has 2 heterocycles. The van der Waals surface area contributed by atoms with Crippen molar-refractivity contribution < 1.29 is 9.90 Å². The summed E-state index contributed by atoms with van der Waals surface area (Å²) in [5, 5.41) is 15.0. The predicted octanol–water partition coefficient (Wildman–Crippen LogP) is 3.30. The second kappa shape index (κ2) is 9.68. The topological polar surface area (TPSA) is 65.5 Å². The average Bonchev–Trinajstić information content (AvgIpc) is 3.03. The Kier molecular flexibility index (Phi) is 6.78. The number of nitrogens with one attached hydrogen (secondary N) is 1. The van der Waals surface area contributed by atoms with E-state index in [1.807, 2.05) is 24.4 Å². The SMILES string of the molecule is O=C(CN1C[C@@H](Cc2ccnc3ccccc23)[C@H](O)C1)NC1CCCCCCC1. The highest BCUT2D eigenvalue weighted by Gasteiger charge is 2.32. The van der Waals surface area contributed by atoms with Crippen molar-refractivity contribution in [2.45, 2.75) is 63.5 Å². The fourth-order valence-electron chi connectivity index (χ4n) is 4.96. The van der Waals surface area contributed by atoms with Crippen LogP contribution in [0.25, 0.3) is 10.9 Å². The predicted molar refractivity (Wildman–Crippen MR) is 116 cm³/mol. The Balaban J connectivity index is 1.31. The summed E-state index contributed by atoms with van der Waals surface area (Å²) in [7, 11) is 0.